The maximum Gasteiger partial charge on any atom is 0.231 e. The lowest BCUT2D eigenvalue weighted by atomic mass is 9.83. The lowest BCUT2D eigenvalue weighted by Crippen LogP contribution is -2.40. The van der Waals surface area contributed by atoms with Crippen LogP contribution >= 0.6 is 0 Å². The molecule has 6 nitrogen and oxygen atoms in total. The number of carbonyl (C=O) groups excluding carboxylic acids is 1. The zero-order valence-corrected chi connectivity index (χ0v) is 19.9. The molecule has 1 aliphatic carbocycles. The molecular weight excluding hydrogens is 416 g/mol. The van der Waals surface area contributed by atoms with Crippen LogP contribution in [0.1, 0.15) is 82.1 Å². The van der Waals surface area contributed by atoms with Crippen LogP contribution in [-0.4, -0.2) is 56.0 Å². The Balaban J connectivity index is 0.980. The van der Waals surface area contributed by atoms with Gasteiger partial charge in [-0.1, -0.05) is 12.1 Å². The fourth-order valence-corrected chi connectivity index (χ4v) is 6.16. The second kappa shape index (κ2) is 11.1. The molecule has 0 aromatic heterocycles. The van der Waals surface area contributed by atoms with Crippen molar-refractivity contribution in [1.82, 2.24) is 10.2 Å². The summed E-state index contributed by atoms with van der Waals surface area (Å²) in [5.74, 6) is 3.46. The topological polar surface area (TPSA) is 60.0 Å². The summed E-state index contributed by atoms with van der Waals surface area (Å²) in [5, 5.41) is 3.28. The second-order valence-electron chi connectivity index (χ2n) is 10.5. The second-order valence-corrected chi connectivity index (χ2v) is 10.5. The molecule has 33 heavy (non-hydrogen) atoms. The number of amides is 1. The normalized spacial score (nSPS) is 28.5. The Bertz CT molecular complexity index is 778. The molecule has 0 spiro atoms. The Morgan fingerprint density at radius 3 is 2.64 bits per heavy atom. The molecule has 182 valence electrons. The Morgan fingerprint density at radius 1 is 1.00 bits per heavy atom. The number of hydrogen-bond acceptors (Lipinski definition) is 5. The third kappa shape index (κ3) is 6.02. The first-order valence-corrected chi connectivity index (χ1v) is 13.3. The molecule has 4 aliphatic rings. The number of nitrogens with one attached hydrogen (secondary N) is 1. The van der Waals surface area contributed by atoms with E-state index in [1.165, 1.54) is 63.7 Å². The third-order valence-corrected chi connectivity index (χ3v) is 8.21. The van der Waals surface area contributed by atoms with E-state index < -0.39 is 0 Å². The van der Waals surface area contributed by atoms with Gasteiger partial charge in [0.25, 0.3) is 0 Å². The van der Waals surface area contributed by atoms with Crippen molar-refractivity contribution >= 4 is 5.91 Å². The van der Waals surface area contributed by atoms with Gasteiger partial charge in [0, 0.05) is 18.2 Å². The Hall–Kier alpha value is -1.79. The summed E-state index contributed by atoms with van der Waals surface area (Å²) in [4.78, 5) is 15.0. The predicted octanol–water partition coefficient (Wildman–Crippen LogP) is 4.62. The van der Waals surface area contributed by atoms with Crippen molar-refractivity contribution in [2.24, 2.45) is 5.92 Å². The number of ether oxygens (including phenoxy) is 3. The number of fused-ring (bicyclic) bond motifs is 1. The van der Waals surface area contributed by atoms with E-state index in [1.54, 1.807) is 0 Å². The summed E-state index contributed by atoms with van der Waals surface area (Å²) in [6.07, 6.45) is 12.5. The van der Waals surface area contributed by atoms with Gasteiger partial charge in [-0.2, -0.15) is 0 Å². The predicted molar refractivity (Wildman–Crippen MR) is 128 cm³/mol. The lowest BCUT2D eigenvalue weighted by Gasteiger charge is -2.35. The van der Waals surface area contributed by atoms with Gasteiger partial charge >= 0.3 is 0 Å². The molecule has 1 aromatic rings. The van der Waals surface area contributed by atoms with E-state index >= 15 is 0 Å². The maximum atomic E-state index is 12.4. The number of benzene rings is 1. The smallest absolute Gasteiger partial charge is 0.231 e. The molecular formula is C27H40N2O4. The summed E-state index contributed by atoms with van der Waals surface area (Å²) in [6, 6.07) is 6.68. The molecule has 5 rings (SSSR count). The lowest BCUT2D eigenvalue weighted by molar-refractivity contribution is -0.125. The number of para-hydroxylation sites is 1. The molecule has 1 saturated carbocycles. The van der Waals surface area contributed by atoms with Crippen molar-refractivity contribution in [2.75, 3.05) is 33.0 Å². The Labute approximate surface area is 198 Å². The molecule has 0 radical (unpaired) electrons. The van der Waals surface area contributed by atoms with Crippen LogP contribution in [0.5, 0.6) is 11.5 Å². The Kier molecular flexibility index (Phi) is 7.72. The minimum Gasteiger partial charge on any atom is -0.454 e. The molecule has 0 unspecified atom stereocenters. The largest absolute Gasteiger partial charge is 0.454 e. The van der Waals surface area contributed by atoms with E-state index in [4.69, 9.17) is 14.2 Å². The average Bonchev–Trinajstić information content (AvgIpc) is 3.34. The van der Waals surface area contributed by atoms with Gasteiger partial charge in [0.15, 0.2) is 11.5 Å². The summed E-state index contributed by atoms with van der Waals surface area (Å²) >= 11 is 0. The van der Waals surface area contributed by atoms with Gasteiger partial charge in [-0.25, -0.2) is 0 Å². The van der Waals surface area contributed by atoms with Crippen molar-refractivity contribution in [3.05, 3.63) is 23.8 Å². The highest BCUT2D eigenvalue weighted by atomic mass is 16.7. The maximum absolute atomic E-state index is 12.4. The van der Waals surface area contributed by atoms with Crippen molar-refractivity contribution in [3.63, 3.8) is 0 Å². The fourth-order valence-electron chi connectivity index (χ4n) is 6.16. The first-order chi connectivity index (χ1) is 16.2. The van der Waals surface area contributed by atoms with E-state index in [0.29, 0.717) is 25.2 Å². The standard InChI is InChI=1S/C27H40N2O4/c30-26(18-23-4-1-2-17-31-23)28-22-9-7-20(8-10-22)11-14-29-15-12-21(13-16-29)24-5-3-6-25-27(24)33-19-32-25/h3,5-6,20-23H,1-2,4,7-19H2,(H,28,30)/t20-,22-,23-/m0/s1. The molecule has 1 atom stereocenters. The number of nitrogens with zero attached hydrogens (tertiary/aromatic N) is 1. The van der Waals surface area contributed by atoms with Gasteiger partial charge in [-0.15, -0.1) is 0 Å². The molecule has 2 saturated heterocycles. The highest BCUT2D eigenvalue weighted by molar-refractivity contribution is 5.76. The van der Waals surface area contributed by atoms with Crippen molar-refractivity contribution < 1.29 is 19.0 Å². The van der Waals surface area contributed by atoms with Crippen molar-refractivity contribution in [3.8, 4) is 11.5 Å². The van der Waals surface area contributed by atoms with E-state index in [1.807, 2.05) is 6.07 Å². The highest BCUT2D eigenvalue weighted by Gasteiger charge is 2.28. The monoisotopic (exact) mass is 456 g/mol. The van der Waals surface area contributed by atoms with Gasteiger partial charge in [0.2, 0.25) is 12.7 Å². The number of likely N-dealkylation sites (tertiary alicyclic amines) is 1. The molecule has 3 fully saturated rings. The van der Waals surface area contributed by atoms with Gasteiger partial charge in [-0.3, -0.25) is 4.79 Å². The Morgan fingerprint density at radius 2 is 1.85 bits per heavy atom. The molecule has 3 aliphatic heterocycles. The van der Waals surface area contributed by atoms with Gasteiger partial charge in [0.05, 0.1) is 12.5 Å². The van der Waals surface area contributed by atoms with Crippen LogP contribution < -0.4 is 14.8 Å². The van der Waals surface area contributed by atoms with E-state index in [-0.39, 0.29) is 12.0 Å². The van der Waals surface area contributed by atoms with E-state index in [2.05, 4.69) is 22.3 Å². The summed E-state index contributed by atoms with van der Waals surface area (Å²) < 4.78 is 17.0. The van der Waals surface area contributed by atoms with Crippen molar-refractivity contribution in [1.29, 1.82) is 0 Å². The van der Waals surface area contributed by atoms with Gasteiger partial charge < -0.3 is 24.4 Å². The first kappa shape index (κ1) is 23.0. The quantitative estimate of drug-likeness (QED) is 0.649. The summed E-state index contributed by atoms with van der Waals surface area (Å²) in [7, 11) is 0. The number of rotatable bonds is 7. The van der Waals surface area contributed by atoms with Crippen LogP contribution in [0.2, 0.25) is 0 Å². The highest BCUT2D eigenvalue weighted by Crippen LogP contribution is 2.42. The van der Waals surface area contributed by atoms with Crippen LogP contribution in [-0.2, 0) is 9.53 Å². The molecule has 3 heterocycles. The first-order valence-electron chi connectivity index (χ1n) is 13.3. The van der Waals surface area contributed by atoms with Gasteiger partial charge in [-0.05, 0) is 102 Å². The van der Waals surface area contributed by atoms with Crippen LogP contribution in [0.25, 0.3) is 0 Å². The minimum absolute atomic E-state index is 0.142. The summed E-state index contributed by atoms with van der Waals surface area (Å²) in [5.41, 5.74) is 1.33. The zero-order valence-electron chi connectivity index (χ0n) is 19.9. The summed E-state index contributed by atoms with van der Waals surface area (Å²) in [6.45, 7) is 4.72. The molecule has 1 N–H and O–H groups in total. The van der Waals surface area contributed by atoms with Crippen LogP contribution in [0.3, 0.4) is 0 Å². The van der Waals surface area contributed by atoms with Crippen LogP contribution in [0.4, 0.5) is 0 Å². The van der Waals surface area contributed by atoms with Gasteiger partial charge in [0.1, 0.15) is 0 Å². The van der Waals surface area contributed by atoms with E-state index in [9.17, 15) is 4.79 Å². The molecule has 0 bridgehead atoms. The number of hydrogen-bond donors (Lipinski definition) is 1. The third-order valence-electron chi connectivity index (χ3n) is 8.21. The molecule has 1 amide bonds. The van der Waals surface area contributed by atoms with E-state index in [0.717, 1.165) is 49.7 Å². The zero-order chi connectivity index (χ0) is 22.5. The minimum atomic E-state index is 0.142. The van der Waals surface area contributed by atoms with Crippen molar-refractivity contribution in [2.45, 2.75) is 88.7 Å². The van der Waals surface area contributed by atoms with Crippen LogP contribution in [0, 0.1) is 5.92 Å². The molecule has 1 aromatic carbocycles. The SMILES string of the molecule is O=C(C[C@@H]1CCCCO1)N[C@H]1CC[C@H](CCN2CCC(c3cccc4c3OCO4)CC2)CC1. The number of carbonyl (C=O) groups is 1. The molecule has 6 heteroatoms. The number of piperidine rings is 1. The fraction of sp³-hybridized carbons (Fsp3) is 0.741. The van der Waals surface area contributed by atoms with Crippen LogP contribution in [0.15, 0.2) is 18.2 Å². The average molecular weight is 457 g/mol.